The van der Waals surface area contributed by atoms with E-state index in [1.807, 2.05) is 20.8 Å². The smallest absolute Gasteiger partial charge is 0.410 e. The number of carbonyl (C=O) groups excluding carboxylic acids is 2. The summed E-state index contributed by atoms with van der Waals surface area (Å²) in [6.07, 6.45) is 0.726. The van der Waals surface area contributed by atoms with Crippen LogP contribution in [0, 0.1) is 0 Å². The third-order valence-electron chi connectivity index (χ3n) is 3.69. The van der Waals surface area contributed by atoms with Gasteiger partial charge in [0.2, 0.25) is 0 Å². The van der Waals surface area contributed by atoms with Gasteiger partial charge in [0.1, 0.15) is 11.4 Å². The molecule has 2 atom stereocenters. The number of amides is 1. The predicted octanol–water partition coefficient (Wildman–Crippen LogP) is 1.48. The second kappa shape index (κ2) is 4.23. The van der Waals surface area contributed by atoms with Crippen molar-refractivity contribution < 1.29 is 19.4 Å². The summed E-state index contributed by atoms with van der Waals surface area (Å²) in [4.78, 5) is 25.2. The number of Topliss-reactive ketones (excluding diaryl/α,β-unsaturated/α-hetero) is 1. The second-order valence-corrected chi connectivity index (χ2v) is 6.27. The molecular formula is C13H21NO4. The van der Waals surface area contributed by atoms with Crippen LogP contribution in [0.2, 0.25) is 0 Å². The Hall–Kier alpha value is -1.10. The van der Waals surface area contributed by atoms with Gasteiger partial charge in [-0.2, -0.15) is 0 Å². The Morgan fingerprint density at radius 2 is 2.17 bits per heavy atom. The number of hydrogen-bond acceptors (Lipinski definition) is 4. The zero-order valence-corrected chi connectivity index (χ0v) is 11.2. The van der Waals surface area contributed by atoms with Crippen molar-refractivity contribution in [1.29, 1.82) is 0 Å². The Bertz CT molecular complexity index is 374. The molecule has 102 valence electrons. The summed E-state index contributed by atoms with van der Waals surface area (Å²) in [5.74, 6) is 0.0259. The molecule has 0 aromatic carbocycles. The lowest BCUT2D eigenvalue weighted by Crippen LogP contribution is -2.53. The minimum absolute atomic E-state index is 0.0259. The summed E-state index contributed by atoms with van der Waals surface area (Å²) < 4.78 is 5.36. The molecule has 1 spiro atoms. The fraction of sp³-hybridized carbons (Fsp3) is 0.846. The van der Waals surface area contributed by atoms with Crippen LogP contribution in [-0.2, 0) is 9.53 Å². The van der Waals surface area contributed by atoms with Crippen LogP contribution in [0.25, 0.3) is 0 Å². The summed E-state index contributed by atoms with van der Waals surface area (Å²) in [5.41, 5.74) is -1.27. The molecule has 5 heteroatoms. The van der Waals surface area contributed by atoms with E-state index in [0.717, 1.165) is 6.42 Å². The van der Waals surface area contributed by atoms with E-state index in [9.17, 15) is 14.7 Å². The van der Waals surface area contributed by atoms with Crippen molar-refractivity contribution in [1.82, 2.24) is 4.90 Å². The first-order valence-electron chi connectivity index (χ1n) is 6.45. The summed E-state index contributed by atoms with van der Waals surface area (Å²) >= 11 is 0. The molecule has 0 aromatic heterocycles. The third kappa shape index (κ3) is 2.23. The van der Waals surface area contributed by atoms with E-state index in [1.165, 1.54) is 0 Å². The molecule has 1 aliphatic heterocycles. The number of ketones is 1. The van der Waals surface area contributed by atoms with Gasteiger partial charge in [0.25, 0.3) is 0 Å². The van der Waals surface area contributed by atoms with Crippen LogP contribution >= 0.6 is 0 Å². The molecular weight excluding hydrogens is 234 g/mol. The zero-order chi connectivity index (χ0) is 13.6. The van der Waals surface area contributed by atoms with Crippen LogP contribution in [0.15, 0.2) is 0 Å². The normalized spacial score (nSPS) is 32.3. The first kappa shape index (κ1) is 13.3. The molecule has 1 saturated carbocycles. The second-order valence-electron chi connectivity index (χ2n) is 6.27. The molecule has 1 heterocycles. The average Bonchev–Trinajstić information content (AvgIpc) is 2.70. The number of hydrogen-bond donors (Lipinski definition) is 1. The first-order chi connectivity index (χ1) is 8.24. The highest BCUT2D eigenvalue weighted by molar-refractivity contribution is 5.85. The van der Waals surface area contributed by atoms with Gasteiger partial charge in [0.15, 0.2) is 0 Å². The number of aliphatic hydroxyl groups excluding tert-OH is 1. The summed E-state index contributed by atoms with van der Waals surface area (Å²) in [6, 6.07) is 0. The van der Waals surface area contributed by atoms with Gasteiger partial charge >= 0.3 is 6.09 Å². The van der Waals surface area contributed by atoms with Crippen molar-refractivity contribution in [3.05, 3.63) is 0 Å². The van der Waals surface area contributed by atoms with E-state index in [4.69, 9.17) is 4.74 Å². The van der Waals surface area contributed by atoms with Crippen molar-refractivity contribution in [2.75, 3.05) is 6.54 Å². The molecule has 18 heavy (non-hydrogen) atoms. The van der Waals surface area contributed by atoms with Gasteiger partial charge in [-0.05, 0) is 33.6 Å². The standard InChI is InChI=1S/C13H21NO4/c1-12(2,3)18-11(17)14-6-4-5-13(14)8-9(15)7-10(13)16/h10,16H,4-8H2,1-3H3. The quantitative estimate of drug-likeness (QED) is 0.712. The van der Waals surface area contributed by atoms with Gasteiger partial charge in [0, 0.05) is 19.4 Å². The molecule has 5 nitrogen and oxygen atoms in total. The van der Waals surface area contributed by atoms with Crippen molar-refractivity contribution in [2.24, 2.45) is 0 Å². The van der Waals surface area contributed by atoms with Crippen molar-refractivity contribution in [3.63, 3.8) is 0 Å². The van der Waals surface area contributed by atoms with E-state index >= 15 is 0 Å². The van der Waals surface area contributed by atoms with Gasteiger partial charge in [0.05, 0.1) is 11.6 Å². The van der Waals surface area contributed by atoms with Crippen LogP contribution in [0.3, 0.4) is 0 Å². The first-order valence-corrected chi connectivity index (χ1v) is 6.45. The van der Waals surface area contributed by atoms with E-state index in [2.05, 4.69) is 0 Å². The lowest BCUT2D eigenvalue weighted by molar-refractivity contribution is -0.118. The molecule has 2 unspecified atom stereocenters. The molecule has 1 saturated heterocycles. The van der Waals surface area contributed by atoms with E-state index in [0.29, 0.717) is 13.0 Å². The van der Waals surface area contributed by atoms with Crippen LogP contribution in [0.1, 0.15) is 46.5 Å². The van der Waals surface area contributed by atoms with Crippen LogP contribution < -0.4 is 0 Å². The number of nitrogens with zero attached hydrogens (tertiary/aromatic N) is 1. The third-order valence-corrected chi connectivity index (χ3v) is 3.69. The summed E-state index contributed by atoms with van der Waals surface area (Å²) in [5, 5.41) is 10.1. The summed E-state index contributed by atoms with van der Waals surface area (Å²) in [7, 11) is 0. The van der Waals surface area contributed by atoms with E-state index < -0.39 is 23.3 Å². The molecule has 0 aromatic rings. The van der Waals surface area contributed by atoms with Crippen LogP contribution in [-0.4, -0.2) is 45.7 Å². The molecule has 1 aliphatic carbocycles. The zero-order valence-electron chi connectivity index (χ0n) is 11.2. The fourth-order valence-electron chi connectivity index (χ4n) is 2.96. The molecule has 2 rings (SSSR count). The predicted molar refractivity (Wildman–Crippen MR) is 65.2 cm³/mol. The van der Waals surface area contributed by atoms with Crippen LogP contribution in [0.5, 0.6) is 0 Å². The number of rotatable bonds is 0. The Labute approximate surface area is 107 Å². The maximum absolute atomic E-state index is 12.2. The van der Waals surface area contributed by atoms with E-state index in [-0.39, 0.29) is 18.6 Å². The van der Waals surface area contributed by atoms with Crippen molar-refractivity contribution >= 4 is 11.9 Å². The highest BCUT2D eigenvalue weighted by Crippen LogP contribution is 2.42. The molecule has 0 bridgehead atoms. The minimum Gasteiger partial charge on any atom is -0.444 e. The maximum atomic E-state index is 12.2. The Morgan fingerprint density at radius 3 is 2.67 bits per heavy atom. The largest absolute Gasteiger partial charge is 0.444 e. The average molecular weight is 255 g/mol. The number of carbonyl (C=O) groups is 2. The molecule has 0 radical (unpaired) electrons. The molecule has 1 N–H and O–H groups in total. The molecule has 1 amide bonds. The van der Waals surface area contributed by atoms with Gasteiger partial charge < -0.3 is 9.84 Å². The van der Waals surface area contributed by atoms with Gasteiger partial charge in [-0.15, -0.1) is 0 Å². The highest BCUT2D eigenvalue weighted by atomic mass is 16.6. The van der Waals surface area contributed by atoms with Gasteiger partial charge in [-0.25, -0.2) is 4.79 Å². The summed E-state index contributed by atoms with van der Waals surface area (Å²) in [6.45, 7) is 5.98. The molecule has 2 aliphatic rings. The number of likely N-dealkylation sites (tertiary alicyclic amines) is 1. The van der Waals surface area contributed by atoms with Gasteiger partial charge in [-0.1, -0.05) is 0 Å². The Kier molecular flexibility index (Phi) is 3.13. The fourth-order valence-corrected chi connectivity index (χ4v) is 2.96. The van der Waals surface area contributed by atoms with Crippen molar-refractivity contribution in [2.45, 2.75) is 63.7 Å². The van der Waals surface area contributed by atoms with Gasteiger partial charge in [-0.3, -0.25) is 9.69 Å². The number of aliphatic hydroxyl groups is 1. The Morgan fingerprint density at radius 1 is 1.50 bits per heavy atom. The maximum Gasteiger partial charge on any atom is 0.410 e. The SMILES string of the molecule is CC(C)(C)OC(=O)N1CCCC12CC(=O)CC2O. The van der Waals surface area contributed by atoms with E-state index in [1.54, 1.807) is 4.90 Å². The minimum atomic E-state index is -0.750. The number of ether oxygens (including phenoxy) is 1. The van der Waals surface area contributed by atoms with Crippen molar-refractivity contribution in [3.8, 4) is 0 Å². The van der Waals surface area contributed by atoms with Crippen LogP contribution in [0.4, 0.5) is 4.79 Å². The monoisotopic (exact) mass is 255 g/mol. The Balaban J connectivity index is 2.17. The topological polar surface area (TPSA) is 66.8 Å². The molecule has 2 fully saturated rings. The lowest BCUT2D eigenvalue weighted by Gasteiger charge is -2.37. The lowest BCUT2D eigenvalue weighted by atomic mass is 9.92. The highest BCUT2D eigenvalue weighted by Gasteiger charge is 2.55.